The summed E-state index contributed by atoms with van der Waals surface area (Å²) in [5.74, 6) is 0.691. The molecule has 0 aliphatic rings. The number of rotatable bonds is 7. The molecular weight excluding hydrogens is 277 g/mol. The van der Waals surface area contributed by atoms with E-state index in [1.54, 1.807) is 11.3 Å². The van der Waals surface area contributed by atoms with Gasteiger partial charge in [0.1, 0.15) is 12.4 Å². The van der Waals surface area contributed by atoms with Crippen LogP contribution in [-0.2, 0) is 0 Å². The molecule has 0 aliphatic carbocycles. The average molecular weight is 295 g/mol. The number of hydrogen-bond donors (Lipinski definition) is 2. The molecular formula is C14H18FN3OS. The Hall–Kier alpha value is -1.66. The van der Waals surface area contributed by atoms with Crippen molar-refractivity contribution in [3.05, 3.63) is 30.1 Å². The Bertz CT molecular complexity index is 597. The molecule has 0 saturated carbocycles. The molecule has 2 rings (SSSR count). The predicted molar refractivity (Wildman–Crippen MR) is 82.1 cm³/mol. The molecule has 1 aromatic heterocycles. The van der Waals surface area contributed by atoms with Gasteiger partial charge >= 0.3 is 0 Å². The average Bonchev–Trinajstić information content (AvgIpc) is 2.88. The van der Waals surface area contributed by atoms with E-state index in [0.29, 0.717) is 17.7 Å². The SMILES string of the molecule is CCCNc1nc2ccc(OC/C(=C/F)CN)cc2s1. The number of nitrogens with two attached hydrogens (primary N) is 1. The molecule has 20 heavy (non-hydrogen) atoms. The van der Waals surface area contributed by atoms with Crippen molar-refractivity contribution in [2.24, 2.45) is 5.73 Å². The highest BCUT2D eigenvalue weighted by Crippen LogP contribution is 2.29. The van der Waals surface area contributed by atoms with Crippen LogP contribution in [0.5, 0.6) is 5.75 Å². The molecule has 0 saturated heterocycles. The van der Waals surface area contributed by atoms with Gasteiger partial charge in [0, 0.05) is 18.7 Å². The monoisotopic (exact) mass is 295 g/mol. The van der Waals surface area contributed by atoms with Gasteiger partial charge in [-0.1, -0.05) is 18.3 Å². The number of anilines is 1. The van der Waals surface area contributed by atoms with Crippen molar-refractivity contribution in [1.29, 1.82) is 0 Å². The summed E-state index contributed by atoms with van der Waals surface area (Å²) in [4.78, 5) is 4.48. The maximum Gasteiger partial charge on any atom is 0.183 e. The van der Waals surface area contributed by atoms with Crippen molar-refractivity contribution in [3.63, 3.8) is 0 Å². The van der Waals surface area contributed by atoms with Gasteiger partial charge in [0.2, 0.25) is 0 Å². The van der Waals surface area contributed by atoms with Crippen LogP contribution in [-0.4, -0.2) is 24.7 Å². The second-order valence-corrected chi connectivity index (χ2v) is 5.37. The Morgan fingerprint density at radius 2 is 2.40 bits per heavy atom. The number of fused-ring (bicyclic) bond motifs is 1. The molecule has 0 aliphatic heterocycles. The van der Waals surface area contributed by atoms with Gasteiger partial charge < -0.3 is 15.8 Å². The van der Waals surface area contributed by atoms with Gasteiger partial charge in [-0.05, 0) is 24.6 Å². The standard InChI is InChI=1S/C14H18FN3OS/c1-2-5-17-14-18-12-4-3-11(6-13(12)20-14)19-9-10(7-15)8-16/h3-4,6-7H,2,5,8-9,16H2,1H3,(H,17,18)/b10-7+. The molecule has 0 fully saturated rings. The number of thiazole rings is 1. The second-order valence-electron chi connectivity index (χ2n) is 4.34. The van der Waals surface area contributed by atoms with Gasteiger partial charge in [-0.15, -0.1) is 0 Å². The van der Waals surface area contributed by atoms with Crippen molar-refractivity contribution >= 4 is 26.7 Å². The summed E-state index contributed by atoms with van der Waals surface area (Å²) < 4.78 is 19.0. The summed E-state index contributed by atoms with van der Waals surface area (Å²) in [6.07, 6.45) is 1.56. The molecule has 2 aromatic rings. The summed E-state index contributed by atoms with van der Waals surface area (Å²) in [7, 11) is 0. The zero-order valence-electron chi connectivity index (χ0n) is 11.4. The van der Waals surface area contributed by atoms with E-state index < -0.39 is 0 Å². The van der Waals surface area contributed by atoms with Crippen LogP contribution >= 0.6 is 11.3 Å². The maximum absolute atomic E-state index is 12.4. The summed E-state index contributed by atoms with van der Waals surface area (Å²) in [6, 6.07) is 5.65. The van der Waals surface area contributed by atoms with Crippen LogP contribution in [0.1, 0.15) is 13.3 Å². The summed E-state index contributed by atoms with van der Waals surface area (Å²) in [6.45, 7) is 3.34. The third-order valence-electron chi connectivity index (χ3n) is 2.73. The fourth-order valence-corrected chi connectivity index (χ4v) is 2.53. The first-order valence-corrected chi connectivity index (χ1v) is 7.34. The smallest absolute Gasteiger partial charge is 0.183 e. The molecule has 0 bridgehead atoms. The Kier molecular flexibility index (Phi) is 5.31. The molecule has 0 unspecified atom stereocenters. The van der Waals surface area contributed by atoms with Gasteiger partial charge in [-0.3, -0.25) is 0 Å². The number of nitrogens with one attached hydrogen (secondary N) is 1. The lowest BCUT2D eigenvalue weighted by atomic mass is 10.3. The lowest BCUT2D eigenvalue weighted by molar-refractivity contribution is 0.348. The zero-order valence-corrected chi connectivity index (χ0v) is 12.2. The van der Waals surface area contributed by atoms with Crippen molar-refractivity contribution in [3.8, 4) is 5.75 Å². The van der Waals surface area contributed by atoms with E-state index in [9.17, 15) is 4.39 Å². The lowest BCUT2D eigenvalue weighted by Gasteiger charge is -2.06. The maximum atomic E-state index is 12.4. The molecule has 4 nitrogen and oxygen atoms in total. The van der Waals surface area contributed by atoms with Crippen LogP contribution in [0.15, 0.2) is 30.1 Å². The first-order chi connectivity index (χ1) is 9.76. The fraction of sp³-hybridized carbons (Fsp3) is 0.357. The van der Waals surface area contributed by atoms with Crippen LogP contribution in [0.25, 0.3) is 10.2 Å². The minimum atomic E-state index is 0.157. The highest BCUT2D eigenvalue weighted by molar-refractivity contribution is 7.22. The number of halogens is 1. The third kappa shape index (κ3) is 3.68. The van der Waals surface area contributed by atoms with Crippen molar-refractivity contribution in [2.45, 2.75) is 13.3 Å². The van der Waals surface area contributed by atoms with Gasteiger partial charge in [-0.2, -0.15) is 0 Å². The van der Waals surface area contributed by atoms with Crippen LogP contribution in [0.3, 0.4) is 0 Å². The molecule has 0 atom stereocenters. The summed E-state index contributed by atoms with van der Waals surface area (Å²) in [5.41, 5.74) is 6.75. The van der Waals surface area contributed by atoms with Crippen LogP contribution in [0, 0.1) is 0 Å². The Balaban J connectivity index is 2.08. The number of nitrogens with zero attached hydrogens (tertiary/aromatic N) is 1. The third-order valence-corrected chi connectivity index (χ3v) is 3.70. The van der Waals surface area contributed by atoms with Gasteiger partial charge in [0.05, 0.1) is 16.5 Å². The van der Waals surface area contributed by atoms with Crippen molar-refractivity contribution < 1.29 is 9.13 Å². The van der Waals surface area contributed by atoms with Crippen molar-refractivity contribution in [2.75, 3.05) is 25.0 Å². The van der Waals surface area contributed by atoms with Crippen LogP contribution in [0.4, 0.5) is 9.52 Å². The van der Waals surface area contributed by atoms with E-state index in [-0.39, 0.29) is 13.2 Å². The highest BCUT2D eigenvalue weighted by atomic mass is 32.1. The van der Waals surface area contributed by atoms with Gasteiger partial charge in [0.25, 0.3) is 0 Å². The van der Waals surface area contributed by atoms with E-state index >= 15 is 0 Å². The second kappa shape index (κ2) is 7.21. The predicted octanol–water partition coefficient (Wildman–Crippen LogP) is 3.31. The molecule has 3 N–H and O–H groups in total. The fourth-order valence-electron chi connectivity index (χ4n) is 1.61. The molecule has 1 heterocycles. The van der Waals surface area contributed by atoms with E-state index in [0.717, 1.165) is 28.3 Å². The zero-order chi connectivity index (χ0) is 14.4. The van der Waals surface area contributed by atoms with E-state index in [2.05, 4.69) is 17.2 Å². The molecule has 0 spiro atoms. The number of benzene rings is 1. The topological polar surface area (TPSA) is 60.2 Å². The van der Waals surface area contributed by atoms with Gasteiger partial charge in [0.15, 0.2) is 5.13 Å². The minimum absolute atomic E-state index is 0.157. The normalized spacial score (nSPS) is 11.8. The Morgan fingerprint density at radius 3 is 3.10 bits per heavy atom. The largest absolute Gasteiger partial charge is 0.489 e. The minimum Gasteiger partial charge on any atom is -0.489 e. The first kappa shape index (κ1) is 14.7. The summed E-state index contributed by atoms with van der Waals surface area (Å²) >= 11 is 1.58. The number of hydrogen-bond acceptors (Lipinski definition) is 5. The van der Waals surface area contributed by atoms with E-state index in [1.165, 1.54) is 0 Å². The molecule has 6 heteroatoms. The van der Waals surface area contributed by atoms with Crippen LogP contribution in [0.2, 0.25) is 0 Å². The quantitative estimate of drug-likeness (QED) is 0.822. The van der Waals surface area contributed by atoms with Crippen molar-refractivity contribution in [1.82, 2.24) is 4.98 Å². The highest BCUT2D eigenvalue weighted by Gasteiger charge is 2.05. The van der Waals surface area contributed by atoms with Gasteiger partial charge in [-0.25, -0.2) is 9.37 Å². The molecule has 1 aromatic carbocycles. The van der Waals surface area contributed by atoms with Crippen LogP contribution < -0.4 is 15.8 Å². The molecule has 0 amide bonds. The Labute approximate surface area is 121 Å². The Morgan fingerprint density at radius 1 is 1.55 bits per heavy atom. The lowest BCUT2D eigenvalue weighted by Crippen LogP contribution is -2.10. The van der Waals surface area contributed by atoms with E-state index in [4.69, 9.17) is 10.5 Å². The van der Waals surface area contributed by atoms with E-state index in [1.807, 2.05) is 18.2 Å². The number of ether oxygens (including phenoxy) is 1. The molecule has 0 radical (unpaired) electrons. The molecule has 108 valence electrons. The number of aromatic nitrogens is 1. The summed E-state index contributed by atoms with van der Waals surface area (Å²) in [5, 5.41) is 4.17. The first-order valence-electron chi connectivity index (χ1n) is 6.52.